The van der Waals surface area contributed by atoms with Gasteiger partial charge in [0.2, 0.25) is 0 Å². The summed E-state index contributed by atoms with van der Waals surface area (Å²) >= 11 is 0. The second-order valence-corrected chi connectivity index (χ2v) is 5.51. The van der Waals surface area contributed by atoms with Crippen LogP contribution in [0.3, 0.4) is 0 Å². The molecule has 0 aliphatic heterocycles. The first-order valence-electron chi connectivity index (χ1n) is 7.38. The Morgan fingerprint density at radius 3 is 2.73 bits per heavy atom. The molecule has 1 aromatic carbocycles. The fourth-order valence-electron chi connectivity index (χ4n) is 2.81. The molecule has 0 atom stereocenters. The number of halogens is 1. The monoisotopic (exact) mass is 320 g/mol. The average Bonchev–Trinajstić information content (AvgIpc) is 3.17. The molecule has 1 aromatic heterocycles. The van der Waals surface area contributed by atoms with Crippen molar-refractivity contribution < 1.29 is 26.7 Å². The molecule has 0 saturated heterocycles. The first-order valence-corrected chi connectivity index (χ1v) is 7.38. The highest BCUT2D eigenvalue weighted by Crippen LogP contribution is 2.24. The van der Waals surface area contributed by atoms with E-state index in [0.717, 1.165) is 17.9 Å². The zero-order chi connectivity index (χ0) is 14.7. The van der Waals surface area contributed by atoms with Gasteiger partial charge < -0.3 is 27.2 Å². The summed E-state index contributed by atoms with van der Waals surface area (Å²) in [6, 6.07) is 11.3. The van der Waals surface area contributed by atoms with Gasteiger partial charge in [-0.25, -0.2) is 4.79 Å². The minimum atomic E-state index is -0.925. The number of aromatic carboxylic acids is 1. The Hall–Kier alpha value is -1.78. The zero-order valence-corrected chi connectivity index (χ0v) is 13.0. The van der Waals surface area contributed by atoms with Gasteiger partial charge in [-0.2, -0.15) is 0 Å². The van der Waals surface area contributed by atoms with Gasteiger partial charge in [0.15, 0.2) is 0 Å². The maximum absolute atomic E-state index is 11.0. The van der Waals surface area contributed by atoms with Crippen LogP contribution in [0.4, 0.5) is 0 Å². The van der Waals surface area contributed by atoms with Crippen molar-refractivity contribution in [2.45, 2.75) is 38.3 Å². The third-order valence-electron chi connectivity index (χ3n) is 3.98. The van der Waals surface area contributed by atoms with Crippen molar-refractivity contribution in [2.24, 2.45) is 0 Å². The largest absolute Gasteiger partial charge is 1.00 e. The quantitative estimate of drug-likeness (QED) is 0.850. The summed E-state index contributed by atoms with van der Waals surface area (Å²) < 4.78 is 5.81. The minimum Gasteiger partial charge on any atom is -1.00 e. The molecule has 4 nitrogen and oxygen atoms in total. The van der Waals surface area contributed by atoms with Crippen LogP contribution >= 0.6 is 0 Å². The molecule has 0 amide bonds. The van der Waals surface area contributed by atoms with Gasteiger partial charge in [0, 0.05) is 11.6 Å². The van der Waals surface area contributed by atoms with E-state index in [1.165, 1.54) is 25.7 Å². The Kier molecular flexibility index (Phi) is 5.63. The van der Waals surface area contributed by atoms with Gasteiger partial charge in [0.05, 0.1) is 12.1 Å². The van der Waals surface area contributed by atoms with Crippen LogP contribution < -0.4 is 17.7 Å². The van der Waals surface area contributed by atoms with E-state index in [-0.39, 0.29) is 18.0 Å². The highest BCUT2D eigenvalue weighted by molar-refractivity contribution is 5.89. The van der Waals surface area contributed by atoms with Crippen molar-refractivity contribution in [3.63, 3.8) is 0 Å². The Morgan fingerprint density at radius 1 is 1.23 bits per heavy atom. The third kappa shape index (κ3) is 3.90. The van der Waals surface area contributed by atoms with E-state index >= 15 is 0 Å². The minimum absolute atomic E-state index is 0. The molecule has 0 bridgehead atoms. The SMILES string of the molecule is O=C(O)c1cccc(-c2ccc(CNC3CCCC3)o2)c1.[Cl-]. The number of hydrogen-bond acceptors (Lipinski definition) is 3. The lowest BCUT2D eigenvalue weighted by molar-refractivity contribution is -0.0000203. The Balaban J connectivity index is 0.00000176. The number of carboxylic acid groups (broad SMARTS) is 1. The first-order chi connectivity index (χ1) is 10.2. The molecule has 2 N–H and O–H groups in total. The molecule has 1 aliphatic carbocycles. The predicted octanol–water partition coefficient (Wildman–Crippen LogP) is 0.681. The van der Waals surface area contributed by atoms with Crippen molar-refractivity contribution in [1.29, 1.82) is 0 Å². The Morgan fingerprint density at radius 2 is 2.00 bits per heavy atom. The van der Waals surface area contributed by atoms with Gasteiger partial charge in [0.25, 0.3) is 0 Å². The van der Waals surface area contributed by atoms with Crippen molar-refractivity contribution in [1.82, 2.24) is 5.32 Å². The topological polar surface area (TPSA) is 62.5 Å². The highest BCUT2D eigenvalue weighted by Gasteiger charge is 2.15. The second kappa shape index (κ2) is 7.47. The van der Waals surface area contributed by atoms with Gasteiger partial charge in [-0.15, -0.1) is 0 Å². The molecule has 2 aromatic rings. The maximum Gasteiger partial charge on any atom is 0.335 e. The van der Waals surface area contributed by atoms with Gasteiger partial charge >= 0.3 is 5.97 Å². The summed E-state index contributed by atoms with van der Waals surface area (Å²) in [6.45, 7) is 0.725. The van der Waals surface area contributed by atoms with Crippen LogP contribution in [0, 0.1) is 0 Å². The molecule has 0 unspecified atom stereocenters. The third-order valence-corrected chi connectivity index (χ3v) is 3.98. The summed E-state index contributed by atoms with van der Waals surface area (Å²) in [5.74, 6) is 0.672. The number of nitrogens with one attached hydrogen (secondary N) is 1. The van der Waals surface area contributed by atoms with Gasteiger partial charge in [-0.05, 0) is 37.1 Å². The van der Waals surface area contributed by atoms with E-state index in [9.17, 15) is 4.79 Å². The number of carboxylic acids is 1. The molecule has 1 saturated carbocycles. The van der Waals surface area contributed by atoms with Crippen molar-refractivity contribution in [2.75, 3.05) is 0 Å². The van der Waals surface area contributed by atoms with Crippen LogP contribution in [0.1, 0.15) is 41.8 Å². The summed E-state index contributed by atoms with van der Waals surface area (Å²) in [7, 11) is 0. The van der Waals surface area contributed by atoms with Crippen LogP contribution in [0.15, 0.2) is 40.8 Å². The number of benzene rings is 1. The van der Waals surface area contributed by atoms with Crippen LogP contribution in [0.25, 0.3) is 11.3 Å². The molecule has 22 heavy (non-hydrogen) atoms. The number of carbonyl (C=O) groups is 1. The van der Waals surface area contributed by atoms with E-state index in [1.807, 2.05) is 18.2 Å². The van der Waals surface area contributed by atoms with Crippen LogP contribution in [0.2, 0.25) is 0 Å². The number of furan rings is 1. The smallest absolute Gasteiger partial charge is 0.335 e. The van der Waals surface area contributed by atoms with Crippen molar-refractivity contribution in [3.8, 4) is 11.3 Å². The second-order valence-electron chi connectivity index (χ2n) is 5.51. The summed E-state index contributed by atoms with van der Waals surface area (Å²) in [6.07, 6.45) is 5.11. The number of hydrogen-bond donors (Lipinski definition) is 2. The lowest BCUT2D eigenvalue weighted by atomic mass is 10.1. The predicted molar refractivity (Wildman–Crippen MR) is 80.2 cm³/mol. The van der Waals surface area contributed by atoms with E-state index < -0.39 is 5.97 Å². The Labute approximate surface area is 135 Å². The van der Waals surface area contributed by atoms with Gasteiger partial charge in [-0.3, -0.25) is 0 Å². The van der Waals surface area contributed by atoms with E-state index in [0.29, 0.717) is 11.8 Å². The van der Waals surface area contributed by atoms with Gasteiger partial charge in [0.1, 0.15) is 11.5 Å². The molecule has 1 aliphatic rings. The summed E-state index contributed by atoms with van der Waals surface area (Å²) in [4.78, 5) is 11.0. The molecule has 0 spiro atoms. The highest BCUT2D eigenvalue weighted by atomic mass is 35.5. The van der Waals surface area contributed by atoms with Gasteiger partial charge in [-0.1, -0.05) is 25.0 Å². The normalized spacial score (nSPS) is 14.7. The fraction of sp³-hybridized carbons (Fsp3) is 0.353. The number of rotatable bonds is 5. The lowest BCUT2D eigenvalue weighted by Crippen LogP contribution is -3.00. The molecular weight excluding hydrogens is 302 g/mol. The molecule has 118 valence electrons. The molecule has 1 heterocycles. The molecule has 0 radical (unpaired) electrons. The zero-order valence-electron chi connectivity index (χ0n) is 12.2. The first kappa shape index (κ1) is 16.6. The van der Waals surface area contributed by atoms with Crippen molar-refractivity contribution >= 4 is 5.97 Å². The Bertz CT molecular complexity index is 632. The molecule has 5 heteroatoms. The van der Waals surface area contributed by atoms with E-state index in [4.69, 9.17) is 9.52 Å². The van der Waals surface area contributed by atoms with E-state index in [1.54, 1.807) is 18.2 Å². The van der Waals surface area contributed by atoms with Crippen LogP contribution in [-0.4, -0.2) is 17.1 Å². The lowest BCUT2D eigenvalue weighted by Gasteiger charge is -2.09. The fourth-order valence-corrected chi connectivity index (χ4v) is 2.81. The standard InChI is InChI=1S/C17H19NO3.ClH/c19-17(20)13-5-3-4-12(10-13)16-9-8-15(21-16)11-18-14-6-1-2-7-14;/h3-5,8-10,14,18H,1-2,6-7,11H2,(H,19,20);1H/p-1. The van der Waals surface area contributed by atoms with Crippen molar-refractivity contribution in [3.05, 3.63) is 47.7 Å². The van der Waals surface area contributed by atoms with E-state index in [2.05, 4.69) is 5.32 Å². The average molecular weight is 321 g/mol. The van der Waals surface area contributed by atoms with Crippen LogP contribution in [-0.2, 0) is 6.54 Å². The molecular formula is C17H19ClNO3-. The van der Waals surface area contributed by atoms with Crippen LogP contribution in [0.5, 0.6) is 0 Å². The summed E-state index contributed by atoms with van der Waals surface area (Å²) in [5, 5.41) is 12.5. The molecule has 1 fully saturated rings. The summed E-state index contributed by atoms with van der Waals surface area (Å²) in [5.41, 5.74) is 1.07. The maximum atomic E-state index is 11.0. The molecule has 3 rings (SSSR count).